The predicted octanol–water partition coefficient (Wildman–Crippen LogP) is 3.78. The first-order valence-electron chi connectivity index (χ1n) is 7.20. The van der Waals surface area contributed by atoms with Gasteiger partial charge in [0.25, 0.3) is 5.91 Å². The van der Waals surface area contributed by atoms with Crippen LogP contribution in [0.5, 0.6) is 0 Å². The summed E-state index contributed by atoms with van der Waals surface area (Å²) >= 11 is 5.99. The number of amides is 1. The number of rotatable bonds is 4. The molecule has 1 N–H and O–H groups in total. The van der Waals surface area contributed by atoms with Gasteiger partial charge < -0.3 is 5.32 Å². The lowest BCUT2D eigenvalue weighted by molar-refractivity contribution is 0.0911. The average molecular weight is 280 g/mol. The fraction of sp³-hybridized carbons (Fsp3) is 0.562. The highest BCUT2D eigenvalue weighted by Gasteiger charge is 2.25. The number of halogens is 1. The molecule has 1 aliphatic rings. The van der Waals surface area contributed by atoms with Crippen molar-refractivity contribution in [2.24, 2.45) is 5.92 Å². The van der Waals surface area contributed by atoms with Crippen LogP contribution in [-0.4, -0.2) is 17.8 Å². The van der Waals surface area contributed by atoms with Crippen molar-refractivity contribution >= 4 is 17.5 Å². The van der Waals surface area contributed by atoms with Crippen LogP contribution >= 0.6 is 11.6 Å². The molecule has 0 heterocycles. The van der Waals surface area contributed by atoms with Gasteiger partial charge in [-0.1, -0.05) is 31.9 Å². The third-order valence-corrected chi connectivity index (χ3v) is 4.44. The fourth-order valence-electron chi connectivity index (χ4n) is 2.73. The lowest BCUT2D eigenvalue weighted by Crippen LogP contribution is -2.42. The number of carbonyl (C=O) groups excluding carboxylic acids is 1. The predicted molar refractivity (Wildman–Crippen MR) is 79.8 cm³/mol. The summed E-state index contributed by atoms with van der Waals surface area (Å²) < 4.78 is 0. The molecule has 1 saturated carbocycles. The second kappa shape index (κ2) is 6.95. The molecule has 0 aromatic heterocycles. The minimum atomic E-state index is 0.0321. The molecule has 0 radical (unpaired) electrons. The van der Waals surface area contributed by atoms with E-state index in [1.807, 2.05) is 24.3 Å². The van der Waals surface area contributed by atoms with Crippen molar-refractivity contribution in [1.29, 1.82) is 0 Å². The van der Waals surface area contributed by atoms with Crippen molar-refractivity contribution in [3.05, 3.63) is 35.4 Å². The number of benzene rings is 1. The highest BCUT2D eigenvalue weighted by atomic mass is 35.5. The van der Waals surface area contributed by atoms with Crippen LogP contribution in [-0.2, 0) is 6.42 Å². The monoisotopic (exact) mass is 279 g/mol. The van der Waals surface area contributed by atoms with Crippen LogP contribution in [0.2, 0.25) is 0 Å². The number of carbonyl (C=O) groups is 1. The normalized spacial score (nSPS) is 23.1. The molecule has 3 heteroatoms. The zero-order valence-electron chi connectivity index (χ0n) is 11.5. The number of hydrogen-bond acceptors (Lipinski definition) is 1. The first kappa shape index (κ1) is 14.4. The Morgan fingerprint density at radius 1 is 1.26 bits per heavy atom. The van der Waals surface area contributed by atoms with E-state index in [1.54, 1.807) is 0 Å². The van der Waals surface area contributed by atoms with Crippen molar-refractivity contribution in [2.45, 2.75) is 45.1 Å². The molecule has 2 unspecified atom stereocenters. The van der Waals surface area contributed by atoms with Gasteiger partial charge in [0.2, 0.25) is 0 Å². The molecule has 1 fully saturated rings. The fourth-order valence-corrected chi connectivity index (χ4v) is 3.10. The molecule has 0 spiro atoms. The van der Waals surface area contributed by atoms with Crippen LogP contribution in [0.1, 0.15) is 48.5 Å². The van der Waals surface area contributed by atoms with Gasteiger partial charge in [0.1, 0.15) is 0 Å². The highest BCUT2D eigenvalue weighted by Crippen LogP contribution is 2.25. The van der Waals surface area contributed by atoms with Crippen molar-refractivity contribution in [3.8, 4) is 0 Å². The lowest BCUT2D eigenvalue weighted by Gasteiger charge is -2.30. The first-order chi connectivity index (χ1) is 9.24. The molecular formula is C16H22ClNO. The molecule has 0 aliphatic heterocycles. The molecular weight excluding hydrogens is 258 g/mol. The Labute approximate surface area is 120 Å². The number of hydrogen-bond donors (Lipinski definition) is 1. The molecule has 2 nitrogen and oxygen atoms in total. The Morgan fingerprint density at radius 3 is 2.58 bits per heavy atom. The Bertz CT molecular complexity index is 415. The minimum absolute atomic E-state index is 0.0321. The third kappa shape index (κ3) is 3.73. The van der Waals surface area contributed by atoms with Gasteiger partial charge in [0.15, 0.2) is 0 Å². The van der Waals surface area contributed by atoms with Crippen molar-refractivity contribution in [1.82, 2.24) is 5.32 Å². The highest BCUT2D eigenvalue weighted by molar-refractivity contribution is 6.18. The van der Waals surface area contributed by atoms with Crippen LogP contribution in [0.4, 0.5) is 0 Å². The summed E-state index contributed by atoms with van der Waals surface area (Å²) in [6.07, 6.45) is 5.60. The van der Waals surface area contributed by atoms with Gasteiger partial charge >= 0.3 is 0 Å². The molecule has 1 amide bonds. The van der Waals surface area contributed by atoms with E-state index in [-0.39, 0.29) is 11.9 Å². The van der Waals surface area contributed by atoms with Gasteiger partial charge in [-0.25, -0.2) is 0 Å². The van der Waals surface area contributed by atoms with E-state index in [0.29, 0.717) is 11.8 Å². The smallest absolute Gasteiger partial charge is 0.251 e. The van der Waals surface area contributed by atoms with Gasteiger partial charge in [-0.2, -0.15) is 0 Å². The van der Waals surface area contributed by atoms with E-state index in [1.165, 1.54) is 18.4 Å². The first-order valence-corrected chi connectivity index (χ1v) is 7.73. The van der Waals surface area contributed by atoms with Crippen molar-refractivity contribution < 1.29 is 4.79 Å². The standard InChI is InChI=1S/C16H22ClNO/c1-2-12-7-9-13(10-8-12)16(19)18-15-6-4-3-5-14(15)11-17/h7-10,14-15H,2-6,11H2,1H3,(H,18,19). The van der Waals surface area contributed by atoms with Crippen LogP contribution < -0.4 is 5.32 Å². The molecule has 104 valence electrons. The van der Waals surface area contributed by atoms with E-state index in [4.69, 9.17) is 11.6 Å². The summed E-state index contributed by atoms with van der Waals surface area (Å²) in [6.45, 7) is 2.11. The molecule has 1 aromatic carbocycles. The molecule has 19 heavy (non-hydrogen) atoms. The van der Waals surface area contributed by atoms with Crippen LogP contribution in [0.3, 0.4) is 0 Å². The van der Waals surface area contributed by atoms with Gasteiger partial charge in [0, 0.05) is 17.5 Å². The zero-order chi connectivity index (χ0) is 13.7. The second-order valence-corrected chi connectivity index (χ2v) is 5.64. The maximum absolute atomic E-state index is 12.2. The van der Waals surface area contributed by atoms with Crippen molar-refractivity contribution in [3.63, 3.8) is 0 Å². The Morgan fingerprint density at radius 2 is 1.95 bits per heavy atom. The van der Waals surface area contributed by atoms with E-state index in [0.717, 1.165) is 24.8 Å². The molecule has 2 rings (SSSR count). The van der Waals surface area contributed by atoms with Crippen LogP contribution in [0.15, 0.2) is 24.3 Å². The average Bonchev–Trinajstić information content (AvgIpc) is 2.48. The summed E-state index contributed by atoms with van der Waals surface area (Å²) in [6, 6.07) is 8.10. The van der Waals surface area contributed by atoms with Gasteiger partial charge in [0.05, 0.1) is 0 Å². The summed E-state index contributed by atoms with van der Waals surface area (Å²) in [5.74, 6) is 1.10. The van der Waals surface area contributed by atoms with Crippen LogP contribution in [0, 0.1) is 5.92 Å². The maximum Gasteiger partial charge on any atom is 0.251 e. The number of nitrogens with one attached hydrogen (secondary N) is 1. The summed E-state index contributed by atoms with van der Waals surface area (Å²) in [5.41, 5.74) is 2.00. The lowest BCUT2D eigenvalue weighted by atomic mass is 9.85. The number of aryl methyl sites for hydroxylation is 1. The Kier molecular flexibility index (Phi) is 5.26. The van der Waals surface area contributed by atoms with E-state index in [9.17, 15) is 4.79 Å². The minimum Gasteiger partial charge on any atom is -0.349 e. The van der Waals surface area contributed by atoms with Crippen molar-refractivity contribution in [2.75, 3.05) is 5.88 Å². The third-order valence-electron chi connectivity index (χ3n) is 4.05. The maximum atomic E-state index is 12.2. The zero-order valence-corrected chi connectivity index (χ0v) is 12.2. The van der Waals surface area contributed by atoms with E-state index < -0.39 is 0 Å². The molecule has 2 atom stereocenters. The quantitative estimate of drug-likeness (QED) is 0.835. The number of alkyl halides is 1. The largest absolute Gasteiger partial charge is 0.349 e. The molecule has 1 aromatic rings. The van der Waals surface area contributed by atoms with Gasteiger partial charge in [-0.3, -0.25) is 4.79 Å². The summed E-state index contributed by atoms with van der Waals surface area (Å²) in [4.78, 5) is 12.2. The van der Waals surface area contributed by atoms with Crippen LogP contribution in [0.25, 0.3) is 0 Å². The van der Waals surface area contributed by atoms with E-state index in [2.05, 4.69) is 12.2 Å². The molecule has 1 aliphatic carbocycles. The topological polar surface area (TPSA) is 29.1 Å². The molecule has 0 saturated heterocycles. The summed E-state index contributed by atoms with van der Waals surface area (Å²) in [5, 5.41) is 3.15. The van der Waals surface area contributed by atoms with Gasteiger partial charge in [-0.15, -0.1) is 11.6 Å². The summed E-state index contributed by atoms with van der Waals surface area (Å²) in [7, 11) is 0. The van der Waals surface area contributed by atoms with Gasteiger partial charge in [-0.05, 0) is 42.9 Å². The molecule has 0 bridgehead atoms. The second-order valence-electron chi connectivity index (χ2n) is 5.33. The SMILES string of the molecule is CCc1ccc(C(=O)NC2CCCCC2CCl)cc1. The van der Waals surface area contributed by atoms with E-state index >= 15 is 0 Å². The Hall–Kier alpha value is -1.02. The Balaban J connectivity index is 1.98.